The van der Waals surface area contributed by atoms with Gasteiger partial charge in [0.15, 0.2) is 4.90 Å². The van der Waals surface area contributed by atoms with Crippen LogP contribution in [0.25, 0.3) is 0 Å². The maximum Gasteiger partial charge on any atom is 0.289 e. The van der Waals surface area contributed by atoms with Crippen molar-refractivity contribution in [3.8, 4) is 0 Å². The fraction of sp³-hybridized carbons (Fsp3) is 0.878. The summed E-state index contributed by atoms with van der Waals surface area (Å²) >= 11 is 0. The highest BCUT2D eigenvalue weighted by molar-refractivity contribution is 7.89. The fourth-order valence-electron chi connectivity index (χ4n) is 6.60. The zero-order valence-electron chi connectivity index (χ0n) is 42.1. The molecule has 0 amide bonds. The van der Waals surface area contributed by atoms with Crippen molar-refractivity contribution >= 4 is 15.7 Å². The predicted molar refractivity (Wildman–Crippen MR) is 262 cm³/mol. The van der Waals surface area contributed by atoms with E-state index in [1.54, 1.807) is 6.92 Å². The molecular formula is C49H92N2O16S. The summed E-state index contributed by atoms with van der Waals surface area (Å²) in [7, 11) is -4.05. The third-order valence-electron chi connectivity index (χ3n) is 10.4. The highest BCUT2D eigenvalue weighted by Gasteiger charge is 2.25. The number of sulfonamides is 1. The van der Waals surface area contributed by atoms with Crippen LogP contribution in [0.2, 0.25) is 0 Å². The van der Waals surface area contributed by atoms with E-state index in [-0.39, 0.29) is 24.7 Å². The molecule has 0 bridgehead atoms. The summed E-state index contributed by atoms with van der Waals surface area (Å²) in [5.74, 6) is 0. The van der Waals surface area contributed by atoms with Gasteiger partial charge in [-0.2, -0.15) is 0 Å². The summed E-state index contributed by atoms with van der Waals surface area (Å²) in [4.78, 5) is 10.1. The number of nitrogens with zero attached hydrogens (tertiary/aromatic N) is 1. The second kappa shape index (κ2) is 50.0. The Morgan fingerprint density at radius 2 is 0.676 bits per heavy atom. The maximum absolute atomic E-state index is 12.4. The van der Waals surface area contributed by atoms with Crippen LogP contribution in [0.15, 0.2) is 23.1 Å². The first-order valence-electron chi connectivity index (χ1n) is 25.6. The Labute approximate surface area is 409 Å². The number of aryl methyl sites for hydroxylation is 1. The third-order valence-corrected chi connectivity index (χ3v) is 11.9. The summed E-state index contributed by atoms with van der Waals surface area (Å²) in [5.41, 5.74) is 0.125. The van der Waals surface area contributed by atoms with Crippen LogP contribution in [0, 0.1) is 17.0 Å². The molecule has 0 aromatic heterocycles. The van der Waals surface area contributed by atoms with Crippen molar-refractivity contribution in [3.05, 3.63) is 33.9 Å². The Kier molecular flexibility index (Phi) is 47.1. The summed E-state index contributed by atoms with van der Waals surface area (Å²) in [5, 5.41) is 11.2. The molecule has 0 aliphatic heterocycles. The van der Waals surface area contributed by atoms with Crippen LogP contribution in [0.3, 0.4) is 0 Å². The van der Waals surface area contributed by atoms with Gasteiger partial charge in [-0.25, -0.2) is 13.1 Å². The van der Waals surface area contributed by atoms with E-state index in [0.29, 0.717) is 144 Å². The summed E-state index contributed by atoms with van der Waals surface area (Å²) in [6, 6.07) is 3.95. The Balaban J connectivity index is 1.66. The molecule has 1 rings (SSSR count). The van der Waals surface area contributed by atoms with Gasteiger partial charge in [0.2, 0.25) is 10.0 Å². The SMILES string of the molecule is CCCCCCCCCCCCCCCCCCOCCOCCOCCOCCOCCOCCOCCOCCOCCOCCOCCOCCNS(=O)(=O)c1ccc(C)cc1[N+](=O)[O-]. The lowest BCUT2D eigenvalue weighted by atomic mass is 10.0. The normalized spacial score (nSPS) is 11.9. The number of rotatable bonds is 56. The highest BCUT2D eigenvalue weighted by atomic mass is 32.2. The van der Waals surface area contributed by atoms with E-state index in [2.05, 4.69) is 11.6 Å². The van der Waals surface area contributed by atoms with Crippen molar-refractivity contribution in [3.63, 3.8) is 0 Å². The summed E-state index contributed by atoms with van der Waals surface area (Å²) in [6.07, 6.45) is 22.0. The van der Waals surface area contributed by atoms with Gasteiger partial charge in [-0.1, -0.05) is 109 Å². The molecule has 0 aliphatic rings. The first-order chi connectivity index (χ1) is 33.4. The molecule has 1 N–H and O–H groups in total. The van der Waals surface area contributed by atoms with Crippen LogP contribution in [-0.2, 0) is 66.9 Å². The topological polar surface area (TPSA) is 200 Å². The van der Waals surface area contributed by atoms with Crippen LogP contribution >= 0.6 is 0 Å². The number of nitro benzene ring substituents is 1. The molecule has 0 heterocycles. The van der Waals surface area contributed by atoms with Gasteiger partial charge in [0, 0.05) is 19.2 Å². The molecule has 0 saturated carbocycles. The Hall–Kier alpha value is -1.95. The smallest absolute Gasteiger partial charge is 0.289 e. The minimum absolute atomic E-state index is 0.0351. The average molecular weight is 997 g/mol. The molecule has 68 heavy (non-hydrogen) atoms. The Morgan fingerprint density at radius 3 is 0.971 bits per heavy atom. The third kappa shape index (κ3) is 42.9. The predicted octanol–water partition coefficient (Wildman–Crippen LogP) is 7.64. The van der Waals surface area contributed by atoms with Crippen molar-refractivity contribution in [1.82, 2.24) is 4.72 Å². The first-order valence-corrected chi connectivity index (χ1v) is 27.0. The average Bonchev–Trinajstić information content (AvgIpc) is 3.32. The summed E-state index contributed by atoms with van der Waals surface area (Å²) < 4.78 is 93.4. The zero-order valence-corrected chi connectivity index (χ0v) is 42.9. The number of hydrogen-bond acceptors (Lipinski definition) is 16. The minimum Gasteiger partial charge on any atom is -0.379 e. The minimum atomic E-state index is -4.05. The van der Waals surface area contributed by atoms with E-state index in [4.69, 9.17) is 56.8 Å². The monoisotopic (exact) mass is 997 g/mol. The lowest BCUT2D eigenvalue weighted by Gasteiger charge is -2.09. The largest absolute Gasteiger partial charge is 0.379 e. The first kappa shape index (κ1) is 64.1. The number of unbranched alkanes of at least 4 members (excludes halogenated alkanes) is 15. The Morgan fingerprint density at radius 1 is 0.412 bits per heavy atom. The Bertz CT molecular complexity index is 1350. The van der Waals surface area contributed by atoms with Crippen LogP contribution < -0.4 is 4.72 Å². The number of benzene rings is 1. The van der Waals surface area contributed by atoms with Gasteiger partial charge in [0.25, 0.3) is 5.69 Å². The van der Waals surface area contributed by atoms with Crippen molar-refractivity contribution in [2.24, 2.45) is 0 Å². The molecule has 0 atom stereocenters. The van der Waals surface area contributed by atoms with E-state index in [1.807, 2.05) is 0 Å². The van der Waals surface area contributed by atoms with Gasteiger partial charge in [-0.05, 0) is 25.0 Å². The fourth-order valence-corrected chi connectivity index (χ4v) is 7.76. The molecule has 18 nitrogen and oxygen atoms in total. The van der Waals surface area contributed by atoms with Crippen molar-refractivity contribution in [2.45, 2.75) is 121 Å². The van der Waals surface area contributed by atoms with Gasteiger partial charge in [0.05, 0.1) is 157 Å². The molecule has 19 heteroatoms. The van der Waals surface area contributed by atoms with E-state index in [0.717, 1.165) is 13.0 Å². The van der Waals surface area contributed by atoms with E-state index in [9.17, 15) is 18.5 Å². The van der Waals surface area contributed by atoms with Gasteiger partial charge < -0.3 is 56.8 Å². The number of ether oxygens (including phenoxy) is 12. The maximum atomic E-state index is 12.4. The molecule has 0 aliphatic carbocycles. The molecule has 1 aromatic rings. The van der Waals surface area contributed by atoms with Crippen molar-refractivity contribution in [1.29, 1.82) is 0 Å². The second-order valence-corrected chi connectivity index (χ2v) is 18.0. The van der Waals surface area contributed by atoms with Gasteiger partial charge >= 0.3 is 0 Å². The van der Waals surface area contributed by atoms with Gasteiger partial charge in [0.1, 0.15) is 0 Å². The molecule has 1 aromatic carbocycles. The summed E-state index contributed by atoms with van der Waals surface area (Å²) in [6.45, 7) is 15.1. The number of nitro groups is 1. The van der Waals surface area contributed by atoms with Gasteiger partial charge in [-0.3, -0.25) is 10.1 Å². The van der Waals surface area contributed by atoms with Crippen LogP contribution in [-0.4, -0.2) is 178 Å². The lowest BCUT2D eigenvalue weighted by molar-refractivity contribution is -0.387. The van der Waals surface area contributed by atoms with Crippen molar-refractivity contribution in [2.75, 3.05) is 165 Å². The second-order valence-electron chi connectivity index (χ2n) is 16.3. The lowest BCUT2D eigenvalue weighted by Crippen LogP contribution is -2.28. The molecule has 400 valence electrons. The molecule has 0 spiro atoms. The standard InChI is InChI=1S/C49H92N2O16S/c1-3-4-5-6-7-8-9-10-11-12-13-14-15-16-17-18-22-56-24-26-58-28-30-60-32-34-62-36-38-64-40-42-66-44-45-67-43-41-65-39-37-63-35-33-61-31-29-59-27-25-57-23-21-50-68(54,55)49-20-19-47(2)46-48(49)51(52)53/h19-20,46,50H,3-18,21-45H2,1-2H3. The quantitative estimate of drug-likeness (QED) is 0.0379. The van der Waals surface area contributed by atoms with Crippen LogP contribution in [0.5, 0.6) is 0 Å². The van der Waals surface area contributed by atoms with Crippen LogP contribution in [0.4, 0.5) is 5.69 Å². The van der Waals surface area contributed by atoms with E-state index in [1.165, 1.54) is 115 Å². The molecular weight excluding hydrogens is 905 g/mol. The van der Waals surface area contributed by atoms with Crippen molar-refractivity contribution < 1.29 is 70.2 Å². The molecule has 0 saturated heterocycles. The molecule has 0 radical (unpaired) electrons. The van der Waals surface area contributed by atoms with E-state index >= 15 is 0 Å². The number of nitrogens with one attached hydrogen (secondary N) is 1. The zero-order chi connectivity index (χ0) is 49.1. The van der Waals surface area contributed by atoms with Crippen LogP contribution in [0.1, 0.15) is 115 Å². The highest BCUT2D eigenvalue weighted by Crippen LogP contribution is 2.24. The number of hydrogen-bond donors (Lipinski definition) is 1. The van der Waals surface area contributed by atoms with E-state index < -0.39 is 20.6 Å². The van der Waals surface area contributed by atoms with Gasteiger partial charge in [-0.15, -0.1) is 0 Å². The molecule has 0 unspecified atom stereocenters. The molecule has 0 fully saturated rings.